The Morgan fingerprint density at radius 2 is 2.30 bits per heavy atom. The van der Waals surface area contributed by atoms with Gasteiger partial charge in [-0.05, 0) is 32.2 Å². The number of aryl methyl sites for hydroxylation is 1. The summed E-state index contributed by atoms with van der Waals surface area (Å²) in [5.74, 6) is 2.04. The van der Waals surface area contributed by atoms with Crippen molar-refractivity contribution in [3.63, 3.8) is 0 Å². The zero-order valence-electron chi connectivity index (χ0n) is 12.1. The van der Waals surface area contributed by atoms with E-state index in [0.29, 0.717) is 0 Å². The summed E-state index contributed by atoms with van der Waals surface area (Å²) in [5.41, 5.74) is 0. The van der Waals surface area contributed by atoms with E-state index in [0.717, 1.165) is 49.1 Å². The van der Waals surface area contributed by atoms with E-state index in [1.54, 1.807) is 11.8 Å². The smallest absolute Gasteiger partial charge is 0.191 e. The first-order valence-electron chi connectivity index (χ1n) is 7.53. The van der Waals surface area contributed by atoms with Crippen molar-refractivity contribution in [2.75, 3.05) is 12.3 Å². The highest BCUT2D eigenvalue weighted by Gasteiger charge is 2.15. The third kappa shape index (κ3) is 4.22. The number of fused-ring (bicyclic) bond motifs is 1. The van der Waals surface area contributed by atoms with E-state index >= 15 is 0 Å². The van der Waals surface area contributed by atoms with Crippen molar-refractivity contribution in [1.82, 2.24) is 20.1 Å². The molecule has 0 bridgehead atoms. The Bertz CT molecular complexity index is 451. The predicted octanol–water partition coefficient (Wildman–Crippen LogP) is 2.38. The lowest BCUT2D eigenvalue weighted by atomic mass is 10.2. The lowest BCUT2D eigenvalue weighted by Crippen LogP contribution is -2.28. The average Bonchev–Trinajstić information content (AvgIpc) is 2.70. The largest absolute Gasteiger partial charge is 0.306 e. The van der Waals surface area contributed by atoms with Crippen molar-refractivity contribution in [2.45, 2.75) is 63.2 Å². The molecule has 6 heteroatoms. The molecule has 0 aromatic carbocycles. The number of nitrogens with zero attached hydrogens (tertiary/aromatic N) is 4. The molecule has 1 aromatic heterocycles. The molecule has 1 atom stereocenters. The topological polar surface area (TPSA) is 66.5 Å². The number of hydrogen-bond donors (Lipinski definition) is 1. The molecule has 1 aliphatic heterocycles. The fourth-order valence-electron chi connectivity index (χ4n) is 2.36. The van der Waals surface area contributed by atoms with Crippen LogP contribution >= 0.6 is 11.8 Å². The van der Waals surface area contributed by atoms with Gasteiger partial charge in [-0.3, -0.25) is 0 Å². The van der Waals surface area contributed by atoms with E-state index in [4.69, 9.17) is 5.26 Å². The highest BCUT2D eigenvalue weighted by Crippen LogP contribution is 2.22. The summed E-state index contributed by atoms with van der Waals surface area (Å²) in [6.45, 7) is 4.06. The molecule has 0 saturated heterocycles. The predicted molar refractivity (Wildman–Crippen MR) is 80.6 cm³/mol. The Kier molecular flexibility index (Phi) is 6.34. The van der Waals surface area contributed by atoms with Crippen LogP contribution in [0.5, 0.6) is 0 Å². The minimum Gasteiger partial charge on any atom is -0.306 e. The second-order valence-electron chi connectivity index (χ2n) is 5.13. The van der Waals surface area contributed by atoms with Crippen LogP contribution in [-0.4, -0.2) is 33.1 Å². The standard InChI is InChI=1S/C14H23N5S/c1-2-8-16-12(11-15)7-10-20-14-18-17-13-6-4-3-5-9-19(13)14/h12,16H,2-10H2,1H3. The van der Waals surface area contributed by atoms with Crippen molar-refractivity contribution in [1.29, 1.82) is 5.26 Å². The van der Waals surface area contributed by atoms with Gasteiger partial charge in [0.25, 0.3) is 0 Å². The molecule has 1 unspecified atom stereocenters. The summed E-state index contributed by atoms with van der Waals surface area (Å²) in [5, 5.41) is 22.0. The molecule has 0 amide bonds. The van der Waals surface area contributed by atoms with Crippen LogP contribution in [-0.2, 0) is 13.0 Å². The first-order chi connectivity index (χ1) is 9.85. The number of hydrogen-bond acceptors (Lipinski definition) is 5. The van der Waals surface area contributed by atoms with Crippen LogP contribution < -0.4 is 5.32 Å². The van der Waals surface area contributed by atoms with Crippen molar-refractivity contribution in [3.8, 4) is 6.07 Å². The van der Waals surface area contributed by atoms with Crippen LogP contribution in [0, 0.1) is 11.3 Å². The molecule has 20 heavy (non-hydrogen) atoms. The molecule has 2 rings (SSSR count). The fourth-order valence-corrected chi connectivity index (χ4v) is 3.35. The van der Waals surface area contributed by atoms with Crippen LogP contribution in [0.4, 0.5) is 0 Å². The zero-order valence-corrected chi connectivity index (χ0v) is 13.0. The lowest BCUT2D eigenvalue weighted by molar-refractivity contribution is 0.580. The summed E-state index contributed by atoms with van der Waals surface area (Å²) in [7, 11) is 0. The Morgan fingerprint density at radius 1 is 1.40 bits per heavy atom. The van der Waals surface area contributed by atoms with E-state index in [-0.39, 0.29) is 6.04 Å². The fraction of sp³-hybridized carbons (Fsp3) is 0.786. The maximum absolute atomic E-state index is 9.08. The maximum Gasteiger partial charge on any atom is 0.191 e. The highest BCUT2D eigenvalue weighted by molar-refractivity contribution is 7.99. The number of thioether (sulfide) groups is 1. The average molecular weight is 293 g/mol. The monoisotopic (exact) mass is 293 g/mol. The summed E-state index contributed by atoms with van der Waals surface area (Å²) >= 11 is 1.73. The Hall–Kier alpha value is -1.06. The summed E-state index contributed by atoms with van der Waals surface area (Å²) in [6.07, 6.45) is 6.68. The molecule has 0 aliphatic carbocycles. The molecule has 0 saturated carbocycles. The van der Waals surface area contributed by atoms with Crippen molar-refractivity contribution >= 4 is 11.8 Å². The van der Waals surface area contributed by atoms with Gasteiger partial charge in [0, 0.05) is 18.7 Å². The number of nitrogens with one attached hydrogen (secondary N) is 1. The van der Waals surface area contributed by atoms with Crippen LogP contribution in [0.1, 0.15) is 44.9 Å². The zero-order chi connectivity index (χ0) is 14.2. The van der Waals surface area contributed by atoms with E-state index in [1.165, 1.54) is 19.3 Å². The third-order valence-corrected chi connectivity index (χ3v) is 4.51. The number of rotatable bonds is 7. The Morgan fingerprint density at radius 3 is 3.10 bits per heavy atom. The van der Waals surface area contributed by atoms with Gasteiger partial charge in [0.15, 0.2) is 5.16 Å². The molecule has 1 N–H and O–H groups in total. The van der Waals surface area contributed by atoms with Crippen LogP contribution in [0.25, 0.3) is 0 Å². The van der Waals surface area contributed by atoms with Gasteiger partial charge in [-0.1, -0.05) is 25.1 Å². The molecule has 2 heterocycles. The van der Waals surface area contributed by atoms with Crippen molar-refractivity contribution < 1.29 is 0 Å². The number of aromatic nitrogens is 3. The van der Waals surface area contributed by atoms with Crippen LogP contribution in [0.3, 0.4) is 0 Å². The molecular formula is C14H23N5S. The van der Waals surface area contributed by atoms with Gasteiger partial charge in [-0.15, -0.1) is 10.2 Å². The van der Waals surface area contributed by atoms with Gasteiger partial charge in [0.2, 0.25) is 0 Å². The summed E-state index contributed by atoms with van der Waals surface area (Å²) < 4.78 is 2.26. The second kappa shape index (κ2) is 8.28. The maximum atomic E-state index is 9.08. The normalized spacial score (nSPS) is 16.2. The van der Waals surface area contributed by atoms with Crippen molar-refractivity contribution in [3.05, 3.63) is 5.82 Å². The molecule has 0 radical (unpaired) electrons. The highest BCUT2D eigenvalue weighted by atomic mass is 32.2. The molecule has 110 valence electrons. The van der Waals surface area contributed by atoms with Gasteiger partial charge in [-0.25, -0.2) is 0 Å². The van der Waals surface area contributed by atoms with E-state index in [1.807, 2.05) is 0 Å². The summed E-state index contributed by atoms with van der Waals surface area (Å²) in [6, 6.07) is 2.27. The number of nitriles is 1. The minimum absolute atomic E-state index is 0.0472. The van der Waals surface area contributed by atoms with E-state index in [9.17, 15) is 0 Å². The first kappa shape index (κ1) is 15.3. The SMILES string of the molecule is CCCNC(C#N)CCSc1nnc2n1CCCCC2. The first-order valence-corrected chi connectivity index (χ1v) is 8.51. The van der Waals surface area contributed by atoms with Gasteiger partial charge in [-0.2, -0.15) is 5.26 Å². The van der Waals surface area contributed by atoms with E-state index < -0.39 is 0 Å². The Labute approximate surface area is 125 Å². The molecule has 1 aromatic rings. The molecule has 0 spiro atoms. The molecule has 1 aliphatic rings. The van der Waals surface area contributed by atoms with Crippen LogP contribution in [0.15, 0.2) is 5.16 Å². The third-order valence-electron chi connectivity index (χ3n) is 3.51. The minimum atomic E-state index is -0.0472. The molecule has 5 nitrogen and oxygen atoms in total. The van der Waals surface area contributed by atoms with Gasteiger partial charge in [0.1, 0.15) is 5.82 Å². The van der Waals surface area contributed by atoms with Gasteiger partial charge in [0.05, 0.1) is 12.1 Å². The quantitative estimate of drug-likeness (QED) is 0.782. The molecule has 0 fully saturated rings. The summed E-state index contributed by atoms with van der Waals surface area (Å²) in [4.78, 5) is 0. The lowest BCUT2D eigenvalue weighted by Gasteiger charge is -2.10. The van der Waals surface area contributed by atoms with E-state index in [2.05, 4.69) is 33.1 Å². The van der Waals surface area contributed by atoms with Crippen LogP contribution in [0.2, 0.25) is 0 Å². The Balaban J connectivity index is 1.82. The molecular weight excluding hydrogens is 270 g/mol. The van der Waals surface area contributed by atoms with Gasteiger partial charge >= 0.3 is 0 Å². The van der Waals surface area contributed by atoms with Gasteiger partial charge < -0.3 is 9.88 Å². The van der Waals surface area contributed by atoms with Crippen molar-refractivity contribution in [2.24, 2.45) is 0 Å². The second-order valence-corrected chi connectivity index (χ2v) is 6.20.